The number of hydrogen-bond donors (Lipinski definition) is 2. The van der Waals surface area contributed by atoms with Gasteiger partial charge in [-0.05, 0) is 5.56 Å². The van der Waals surface area contributed by atoms with Crippen molar-refractivity contribution in [3.8, 4) is 0 Å². The summed E-state index contributed by atoms with van der Waals surface area (Å²) in [5.41, 5.74) is 6.30. The van der Waals surface area contributed by atoms with Crippen LogP contribution in [0.4, 0.5) is 0 Å². The number of rotatable bonds is 3. The molecule has 64 valence electrons. The van der Waals surface area contributed by atoms with E-state index >= 15 is 0 Å². The zero-order chi connectivity index (χ0) is 8.97. The predicted molar refractivity (Wildman–Crippen MR) is 52.9 cm³/mol. The molecule has 0 saturated heterocycles. The van der Waals surface area contributed by atoms with Gasteiger partial charge < -0.3 is 10.8 Å². The molecule has 0 radical (unpaired) electrons. The van der Waals surface area contributed by atoms with Gasteiger partial charge in [-0.1, -0.05) is 42.5 Å². The smallest absolute Gasteiger partial charge is 0.108 e. The summed E-state index contributed by atoms with van der Waals surface area (Å²) in [6.45, 7) is 0. The fourth-order valence-corrected chi connectivity index (χ4v) is 1.02. The maximum absolute atomic E-state index is 9.31. The maximum atomic E-state index is 9.31. The SMILES string of the molecule is NC(=S)[C@H](O)Cc1ccccc1. The van der Waals surface area contributed by atoms with E-state index in [0.29, 0.717) is 6.42 Å². The van der Waals surface area contributed by atoms with Crippen molar-refractivity contribution < 1.29 is 5.11 Å². The molecule has 0 aliphatic heterocycles. The summed E-state index contributed by atoms with van der Waals surface area (Å²) in [5, 5.41) is 9.31. The molecule has 3 N–H and O–H groups in total. The highest BCUT2D eigenvalue weighted by Gasteiger charge is 2.06. The van der Waals surface area contributed by atoms with E-state index in [4.69, 9.17) is 5.73 Å². The van der Waals surface area contributed by atoms with Gasteiger partial charge >= 0.3 is 0 Å². The van der Waals surface area contributed by atoms with E-state index < -0.39 is 6.10 Å². The van der Waals surface area contributed by atoms with Gasteiger partial charge in [0.25, 0.3) is 0 Å². The van der Waals surface area contributed by atoms with Crippen LogP contribution in [0.1, 0.15) is 5.56 Å². The average Bonchev–Trinajstić information content (AvgIpc) is 2.06. The van der Waals surface area contributed by atoms with Gasteiger partial charge in [0.2, 0.25) is 0 Å². The molecule has 0 spiro atoms. The average molecular weight is 181 g/mol. The molecule has 0 heterocycles. The molecule has 0 saturated carbocycles. The van der Waals surface area contributed by atoms with E-state index in [9.17, 15) is 5.11 Å². The second-order valence-electron chi connectivity index (χ2n) is 2.61. The molecule has 0 bridgehead atoms. The van der Waals surface area contributed by atoms with Gasteiger partial charge in [-0.25, -0.2) is 0 Å². The fourth-order valence-electron chi connectivity index (χ4n) is 0.938. The highest BCUT2D eigenvalue weighted by molar-refractivity contribution is 7.80. The molecule has 0 aliphatic carbocycles. The van der Waals surface area contributed by atoms with Crippen LogP contribution in [0.5, 0.6) is 0 Å². The summed E-state index contributed by atoms with van der Waals surface area (Å²) < 4.78 is 0. The van der Waals surface area contributed by atoms with E-state index in [-0.39, 0.29) is 4.99 Å². The van der Waals surface area contributed by atoms with Crippen molar-refractivity contribution in [1.82, 2.24) is 0 Å². The van der Waals surface area contributed by atoms with Crippen LogP contribution < -0.4 is 5.73 Å². The summed E-state index contributed by atoms with van der Waals surface area (Å²) in [6, 6.07) is 9.63. The van der Waals surface area contributed by atoms with Gasteiger partial charge in [-0.15, -0.1) is 0 Å². The van der Waals surface area contributed by atoms with Crippen molar-refractivity contribution in [3.05, 3.63) is 35.9 Å². The summed E-state index contributed by atoms with van der Waals surface area (Å²) in [7, 11) is 0. The maximum Gasteiger partial charge on any atom is 0.108 e. The molecule has 1 aromatic carbocycles. The van der Waals surface area contributed by atoms with E-state index in [1.807, 2.05) is 30.3 Å². The van der Waals surface area contributed by atoms with Crippen LogP contribution in [0.25, 0.3) is 0 Å². The Labute approximate surface area is 77.0 Å². The Balaban J connectivity index is 2.58. The summed E-state index contributed by atoms with van der Waals surface area (Å²) in [6.07, 6.45) is -0.210. The van der Waals surface area contributed by atoms with Crippen LogP contribution in [0, 0.1) is 0 Å². The van der Waals surface area contributed by atoms with Crippen molar-refractivity contribution in [2.75, 3.05) is 0 Å². The van der Waals surface area contributed by atoms with Crippen molar-refractivity contribution in [2.24, 2.45) is 5.73 Å². The Bertz CT molecular complexity index is 260. The number of nitrogens with two attached hydrogens (primary N) is 1. The molecule has 1 aromatic rings. The van der Waals surface area contributed by atoms with Crippen molar-refractivity contribution >= 4 is 17.2 Å². The number of thiocarbonyl (C=S) groups is 1. The molecule has 0 amide bonds. The standard InChI is InChI=1S/C9H11NOS/c10-9(12)8(11)6-7-4-2-1-3-5-7/h1-5,8,11H,6H2,(H2,10,12)/t8-/m1/s1. The molecule has 0 unspecified atom stereocenters. The third-order valence-electron chi connectivity index (χ3n) is 1.60. The van der Waals surface area contributed by atoms with E-state index in [2.05, 4.69) is 12.2 Å². The Morgan fingerprint density at radius 2 is 2.00 bits per heavy atom. The zero-order valence-electron chi connectivity index (χ0n) is 6.60. The first-order valence-electron chi connectivity index (χ1n) is 3.71. The molecule has 2 nitrogen and oxygen atoms in total. The number of hydrogen-bond acceptors (Lipinski definition) is 2. The second kappa shape index (κ2) is 4.18. The fraction of sp³-hybridized carbons (Fsp3) is 0.222. The first-order valence-corrected chi connectivity index (χ1v) is 4.12. The van der Waals surface area contributed by atoms with Gasteiger partial charge in [0.05, 0.1) is 0 Å². The van der Waals surface area contributed by atoms with Crippen molar-refractivity contribution in [2.45, 2.75) is 12.5 Å². The molecular weight excluding hydrogens is 170 g/mol. The van der Waals surface area contributed by atoms with E-state index in [0.717, 1.165) is 5.56 Å². The predicted octanol–water partition coefficient (Wildman–Crippen LogP) is 0.876. The van der Waals surface area contributed by atoms with Crippen LogP contribution in [-0.2, 0) is 6.42 Å². The monoisotopic (exact) mass is 181 g/mol. The Morgan fingerprint density at radius 3 is 2.50 bits per heavy atom. The largest absolute Gasteiger partial charge is 0.391 e. The van der Waals surface area contributed by atoms with Gasteiger partial charge in [-0.3, -0.25) is 0 Å². The highest BCUT2D eigenvalue weighted by atomic mass is 32.1. The van der Waals surface area contributed by atoms with Gasteiger partial charge in [-0.2, -0.15) is 0 Å². The quantitative estimate of drug-likeness (QED) is 0.680. The number of aliphatic hydroxyl groups excluding tert-OH is 1. The molecule has 3 heteroatoms. The van der Waals surface area contributed by atoms with Crippen LogP contribution >= 0.6 is 12.2 Å². The lowest BCUT2D eigenvalue weighted by molar-refractivity contribution is 0.243. The van der Waals surface area contributed by atoms with E-state index in [1.54, 1.807) is 0 Å². The normalized spacial score (nSPS) is 12.4. The highest BCUT2D eigenvalue weighted by Crippen LogP contribution is 2.02. The molecule has 1 atom stereocenters. The molecular formula is C9H11NOS. The van der Waals surface area contributed by atoms with Gasteiger partial charge in [0.1, 0.15) is 11.1 Å². The number of aliphatic hydroxyl groups is 1. The topological polar surface area (TPSA) is 46.2 Å². The molecule has 0 aromatic heterocycles. The third-order valence-corrected chi connectivity index (χ3v) is 1.87. The second-order valence-corrected chi connectivity index (χ2v) is 3.08. The van der Waals surface area contributed by atoms with Gasteiger partial charge in [0, 0.05) is 6.42 Å². The van der Waals surface area contributed by atoms with Gasteiger partial charge in [0.15, 0.2) is 0 Å². The third kappa shape index (κ3) is 2.60. The molecule has 0 fully saturated rings. The lowest BCUT2D eigenvalue weighted by atomic mass is 10.1. The minimum atomic E-state index is -0.706. The lowest BCUT2D eigenvalue weighted by Crippen LogP contribution is -2.28. The van der Waals surface area contributed by atoms with Crippen LogP contribution in [-0.4, -0.2) is 16.2 Å². The van der Waals surface area contributed by atoms with Crippen LogP contribution in [0.15, 0.2) is 30.3 Å². The summed E-state index contributed by atoms with van der Waals surface area (Å²) in [5.74, 6) is 0. The minimum Gasteiger partial charge on any atom is -0.391 e. The lowest BCUT2D eigenvalue weighted by Gasteiger charge is -2.07. The molecule has 0 aliphatic rings. The molecule has 12 heavy (non-hydrogen) atoms. The van der Waals surface area contributed by atoms with Crippen LogP contribution in [0.3, 0.4) is 0 Å². The van der Waals surface area contributed by atoms with Crippen molar-refractivity contribution in [3.63, 3.8) is 0 Å². The zero-order valence-corrected chi connectivity index (χ0v) is 7.42. The Hall–Kier alpha value is -0.930. The van der Waals surface area contributed by atoms with E-state index in [1.165, 1.54) is 0 Å². The molecule has 1 rings (SSSR count). The summed E-state index contributed by atoms with van der Waals surface area (Å²) in [4.78, 5) is 0.152. The Morgan fingerprint density at radius 1 is 1.42 bits per heavy atom. The summed E-state index contributed by atoms with van der Waals surface area (Å²) >= 11 is 4.65. The Kier molecular flexibility index (Phi) is 3.19. The van der Waals surface area contributed by atoms with Crippen LogP contribution in [0.2, 0.25) is 0 Å². The van der Waals surface area contributed by atoms with Crippen molar-refractivity contribution in [1.29, 1.82) is 0 Å². The minimum absolute atomic E-state index is 0.152. The first-order chi connectivity index (χ1) is 5.70. The first kappa shape index (κ1) is 9.16. The number of benzene rings is 1.